The molecule has 1 amide bonds. The predicted molar refractivity (Wildman–Crippen MR) is 111 cm³/mol. The molecule has 158 valence electrons. The van der Waals surface area contributed by atoms with Crippen LogP contribution in [0, 0.1) is 13.8 Å². The normalized spacial score (nSPS) is 16.0. The number of fused-ring (bicyclic) bond motifs is 1. The third-order valence-corrected chi connectivity index (χ3v) is 6.90. The van der Waals surface area contributed by atoms with Gasteiger partial charge in [0.2, 0.25) is 0 Å². The Labute approximate surface area is 173 Å². The van der Waals surface area contributed by atoms with Crippen molar-refractivity contribution in [1.29, 1.82) is 0 Å². The molecule has 0 spiro atoms. The first-order chi connectivity index (χ1) is 13.4. The average molecular weight is 466 g/mol. The van der Waals surface area contributed by atoms with E-state index in [0.29, 0.717) is 5.69 Å². The number of aryl methyl sites for hydroxylation is 1. The van der Waals surface area contributed by atoms with Crippen molar-refractivity contribution >= 4 is 35.8 Å². The molecule has 29 heavy (non-hydrogen) atoms. The van der Waals surface area contributed by atoms with Crippen LogP contribution in [0.3, 0.4) is 0 Å². The van der Waals surface area contributed by atoms with E-state index in [1.54, 1.807) is 6.07 Å². The summed E-state index contributed by atoms with van der Waals surface area (Å²) in [6.07, 6.45) is 0.981. The molecular formula is C20H27AsN2O6. The maximum absolute atomic E-state index is 11.3. The minimum atomic E-state index is -4.83. The van der Waals surface area contributed by atoms with Gasteiger partial charge in [0.05, 0.1) is 0 Å². The number of amides is 1. The third kappa shape index (κ3) is 5.64. The molecule has 1 aliphatic heterocycles. The molecule has 5 N–H and O–H groups in total. The van der Waals surface area contributed by atoms with Gasteiger partial charge in [0, 0.05) is 23.2 Å². The van der Waals surface area contributed by atoms with Crippen molar-refractivity contribution in [2.24, 2.45) is 0 Å². The zero-order chi connectivity index (χ0) is 22.0. The van der Waals surface area contributed by atoms with Crippen molar-refractivity contribution in [3.05, 3.63) is 47.0 Å². The maximum atomic E-state index is 11.3. The summed E-state index contributed by atoms with van der Waals surface area (Å²) < 4.78 is 29.8. The van der Waals surface area contributed by atoms with Crippen LogP contribution in [0.4, 0.5) is 11.4 Å². The molecule has 1 unspecified atom stereocenters. The maximum Gasteiger partial charge on any atom is 0.128 e. The first-order valence-electron chi connectivity index (χ1n) is 8.98. The Bertz CT molecular complexity index is 974. The van der Waals surface area contributed by atoms with Crippen LogP contribution in [0.5, 0.6) is 5.75 Å². The van der Waals surface area contributed by atoms with Crippen molar-refractivity contribution in [2.75, 3.05) is 11.1 Å². The molecule has 0 aromatic heterocycles. The minimum absolute atomic E-state index is 0.0399. The largest absolute Gasteiger partial charge is 0.487 e. The average Bonchev–Trinajstić information content (AvgIpc) is 2.96. The summed E-state index contributed by atoms with van der Waals surface area (Å²) in [6.45, 7) is 9.66. The Hall–Kier alpha value is -2.25. The van der Waals surface area contributed by atoms with Crippen LogP contribution >= 0.6 is 0 Å². The predicted octanol–water partition coefficient (Wildman–Crippen LogP) is 2.30. The number of anilines is 2. The van der Waals surface area contributed by atoms with Crippen molar-refractivity contribution in [3.8, 4) is 5.75 Å². The molecule has 0 fully saturated rings. The summed E-state index contributed by atoms with van der Waals surface area (Å²) in [7, 11) is 0. The Morgan fingerprint density at radius 2 is 1.97 bits per heavy atom. The molecule has 0 radical (unpaired) electrons. The van der Waals surface area contributed by atoms with Crippen LogP contribution in [-0.2, 0) is 18.8 Å². The van der Waals surface area contributed by atoms with E-state index in [2.05, 4.69) is 30.0 Å². The summed E-state index contributed by atoms with van der Waals surface area (Å²) in [6, 6.07) is 7.68. The van der Waals surface area contributed by atoms with E-state index in [-0.39, 0.29) is 15.9 Å². The SMILES string of the molecule is CC(=O)Nc1cccc([As](=O)(O)OO)c1.Cc1cc(N)c(C)c2c1CC(C)(C)O2. The zero-order valence-electron chi connectivity index (χ0n) is 17.1. The summed E-state index contributed by atoms with van der Waals surface area (Å²) in [4.78, 5) is 10.7. The molecule has 0 saturated heterocycles. The number of rotatable bonds is 3. The van der Waals surface area contributed by atoms with Crippen LogP contribution in [0.1, 0.15) is 37.5 Å². The monoisotopic (exact) mass is 466 g/mol. The first-order valence-corrected chi connectivity index (χ1v) is 12.3. The van der Waals surface area contributed by atoms with Gasteiger partial charge in [0.15, 0.2) is 0 Å². The van der Waals surface area contributed by atoms with Crippen LogP contribution in [0.2, 0.25) is 0 Å². The van der Waals surface area contributed by atoms with Crippen molar-refractivity contribution in [2.45, 2.75) is 46.6 Å². The number of nitrogen functional groups attached to an aromatic ring is 1. The van der Waals surface area contributed by atoms with Gasteiger partial charge in [-0.2, -0.15) is 0 Å². The topological polar surface area (TPSA) is 131 Å². The van der Waals surface area contributed by atoms with Crippen LogP contribution < -0.4 is 20.1 Å². The summed E-state index contributed by atoms with van der Waals surface area (Å²) in [5, 5.41) is 10.7. The molecule has 1 heterocycles. The first kappa shape index (κ1) is 23.0. The second-order valence-corrected chi connectivity index (χ2v) is 11.2. The number of nitrogens with one attached hydrogen (secondary N) is 1. The fraction of sp³-hybridized carbons (Fsp3) is 0.350. The number of carbonyl (C=O) groups is 1. The zero-order valence-corrected chi connectivity index (χ0v) is 19.0. The third-order valence-electron chi connectivity index (χ3n) is 4.48. The Morgan fingerprint density at radius 1 is 1.31 bits per heavy atom. The summed E-state index contributed by atoms with van der Waals surface area (Å²) >= 11 is -4.83. The Kier molecular flexibility index (Phi) is 6.85. The van der Waals surface area contributed by atoms with Gasteiger partial charge in [0.1, 0.15) is 11.4 Å². The molecular weight excluding hydrogens is 439 g/mol. The molecule has 2 aromatic rings. The molecule has 3 rings (SSSR count). The van der Waals surface area contributed by atoms with Crippen LogP contribution in [-0.4, -0.2) is 35.0 Å². The second-order valence-electron chi connectivity index (χ2n) is 7.59. The van der Waals surface area contributed by atoms with E-state index in [1.807, 2.05) is 13.0 Å². The van der Waals surface area contributed by atoms with Gasteiger partial charge in [-0.25, -0.2) is 0 Å². The smallest absolute Gasteiger partial charge is 0.128 e. The van der Waals surface area contributed by atoms with Gasteiger partial charge < -0.3 is 10.5 Å². The summed E-state index contributed by atoms with van der Waals surface area (Å²) in [5.41, 5.74) is 10.7. The van der Waals surface area contributed by atoms with Crippen molar-refractivity contribution < 1.29 is 26.5 Å². The summed E-state index contributed by atoms with van der Waals surface area (Å²) in [5.74, 6) is 0.713. The van der Waals surface area contributed by atoms with E-state index in [9.17, 15) is 12.6 Å². The molecule has 0 aliphatic carbocycles. The minimum Gasteiger partial charge on any atom is -0.487 e. The van der Waals surface area contributed by atoms with Gasteiger partial charge in [-0.1, -0.05) is 0 Å². The molecule has 0 saturated carbocycles. The molecule has 9 heteroatoms. The number of hydrogen-bond donors (Lipinski definition) is 4. The number of carbonyl (C=O) groups excluding carboxylic acids is 1. The molecule has 0 bridgehead atoms. The fourth-order valence-electron chi connectivity index (χ4n) is 3.07. The number of benzene rings is 2. The number of nitrogens with two attached hydrogens (primary N) is 1. The van der Waals surface area contributed by atoms with Gasteiger partial charge in [-0.15, -0.1) is 0 Å². The molecule has 8 nitrogen and oxygen atoms in total. The standard InChI is InChI=1S/C12H17NO.C8H10AsNO5/c1-7-5-10(13)8(2)11-9(7)6-12(3,4)14-11;1-6(11)10-8-4-2-3-7(5-8)9(12,13)15-14/h5H,6,13H2,1-4H3;2-5,14H,1H3,(H,10,11)(H,12,13). The van der Waals surface area contributed by atoms with Crippen molar-refractivity contribution in [1.82, 2.24) is 0 Å². The Morgan fingerprint density at radius 3 is 2.55 bits per heavy atom. The fourth-order valence-corrected chi connectivity index (χ4v) is 4.48. The van der Waals surface area contributed by atoms with E-state index in [1.165, 1.54) is 36.2 Å². The van der Waals surface area contributed by atoms with Gasteiger partial charge >= 0.3 is 88.4 Å². The van der Waals surface area contributed by atoms with Gasteiger partial charge in [-0.05, 0) is 39.3 Å². The van der Waals surface area contributed by atoms with Gasteiger partial charge in [-0.3, -0.25) is 0 Å². The Balaban J connectivity index is 0.000000207. The number of hydrogen-bond acceptors (Lipinski definition) is 6. The van der Waals surface area contributed by atoms with E-state index >= 15 is 0 Å². The molecule has 1 atom stereocenters. The number of ether oxygens (including phenoxy) is 1. The van der Waals surface area contributed by atoms with E-state index in [0.717, 1.165) is 23.4 Å². The van der Waals surface area contributed by atoms with E-state index < -0.39 is 14.2 Å². The second kappa shape index (κ2) is 8.63. The van der Waals surface area contributed by atoms with Crippen LogP contribution in [0.25, 0.3) is 0 Å². The van der Waals surface area contributed by atoms with Crippen molar-refractivity contribution in [3.63, 3.8) is 0 Å². The van der Waals surface area contributed by atoms with E-state index in [4.69, 9.17) is 15.7 Å². The molecule has 1 aliphatic rings. The molecule has 2 aromatic carbocycles. The van der Waals surface area contributed by atoms with Gasteiger partial charge in [0.25, 0.3) is 0 Å². The van der Waals surface area contributed by atoms with Crippen LogP contribution in [0.15, 0.2) is 30.3 Å². The quantitative estimate of drug-likeness (QED) is 0.236.